The number of nitrogens with zero attached hydrogens (tertiary/aromatic N) is 1. The quantitative estimate of drug-likeness (QED) is 0.175. The average Bonchev–Trinajstić information content (AvgIpc) is 3.53. The van der Waals surface area contributed by atoms with Gasteiger partial charge < -0.3 is 29.2 Å². The molecule has 7 aliphatic rings. The van der Waals surface area contributed by atoms with Crippen LogP contribution in [0.1, 0.15) is 173 Å². The number of aromatic nitrogens is 2. The predicted octanol–water partition coefficient (Wildman–Crippen LogP) is 10.8. The Morgan fingerprint density at radius 3 is 2.27 bits per heavy atom. The van der Waals surface area contributed by atoms with E-state index in [4.69, 9.17) is 9.47 Å². The Morgan fingerprint density at radius 1 is 0.905 bits per heavy atom. The fraction of sp³-hybridized carbons (Fsp3) is 0.709. The van der Waals surface area contributed by atoms with Gasteiger partial charge >= 0.3 is 0 Å². The van der Waals surface area contributed by atoms with Crippen LogP contribution in [-0.4, -0.2) is 68.5 Å². The minimum Gasteiger partial charge on any atom is -0.392 e. The van der Waals surface area contributed by atoms with Crippen molar-refractivity contribution in [2.75, 3.05) is 13.2 Å². The van der Waals surface area contributed by atoms with Crippen molar-refractivity contribution in [2.45, 2.75) is 188 Å². The van der Waals surface area contributed by atoms with Gasteiger partial charge in [0.15, 0.2) is 5.78 Å². The number of H-pyrrole nitrogens is 1. The Morgan fingerprint density at radius 2 is 1.59 bits per heavy atom. The fourth-order valence-corrected chi connectivity index (χ4v) is 16.0. The van der Waals surface area contributed by atoms with Gasteiger partial charge in [-0.2, -0.15) is 0 Å². The van der Waals surface area contributed by atoms with Crippen LogP contribution in [-0.2, 0) is 32.0 Å². The summed E-state index contributed by atoms with van der Waals surface area (Å²) in [5.74, 6) is 1.23. The molecule has 63 heavy (non-hydrogen) atoms. The second-order valence-corrected chi connectivity index (χ2v) is 23.8. The molecule has 0 bridgehead atoms. The number of fused-ring (bicyclic) bond motifs is 6. The highest BCUT2D eigenvalue weighted by atomic mass is 16.6. The molecule has 342 valence electrons. The van der Waals surface area contributed by atoms with E-state index in [1.807, 2.05) is 13.8 Å². The zero-order valence-corrected chi connectivity index (χ0v) is 39.7. The van der Waals surface area contributed by atoms with Crippen LogP contribution in [0.25, 0.3) is 11.0 Å². The number of hydrogen-bond acceptors (Lipinski definition) is 6. The van der Waals surface area contributed by atoms with Crippen LogP contribution in [0, 0.1) is 45.3 Å². The van der Waals surface area contributed by atoms with Crippen LogP contribution < -0.4 is 0 Å². The number of aliphatic hydroxyl groups excluding tert-OH is 2. The monoisotopic (exact) mass is 861 g/mol. The van der Waals surface area contributed by atoms with E-state index in [0.717, 1.165) is 73.9 Å². The van der Waals surface area contributed by atoms with Crippen molar-refractivity contribution in [3.05, 3.63) is 70.1 Å². The molecular weight excluding hydrogens is 785 g/mol. The lowest BCUT2D eigenvalue weighted by Gasteiger charge is -2.70. The van der Waals surface area contributed by atoms with Crippen molar-refractivity contribution in [2.24, 2.45) is 45.3 Å². The van der Waals surface area contributed by atoms with Crippen molar-refractivity contribution < 1.29 is 29.3 Å². The number of carbonyl (C=O) groups excluding carboxylic acids is 2. The molecular formula is C55H76N2O6. The maximum absolute atomic E-state index is 14.9. The molecule has 8 heteroatoms. The molecule has 0 radical (unpaired) electrons. The lowest BCUT2D eigenvalue weighted by molar-refractivity contribution is -0.220. The van der Waals surface area contributed by atoms with Crippen LogP contribution >= 0.6 is 0 Å². The molecule has 3 N–H and O–H groups in total. The minimum absolute atomic E-state index is 0.0912. The molecule has 10 rings (SSSR count). The van der Waals surface area contributed by atoms with E-state index >= 15 is 0 Å². The van der Waals surface area contributed by atoms with Gasteiger partial charge in [0.2, 0.25) is 0 Å². The van der Waals surface area contributed by atoms with Gasteiger partial charge in [-0.1, -0.05) is 79.0 Å². The van der Waals surface area contributed by atoms with Crippen LogP contribution in [0.2, 0.25) is 0 Å². The number of aromatic amines is 1. The largest absolute Gasteiger partial charge is 0.392 e. The molecule has 0 amide bonds. The van der Waals surface area contributed by atoms with E-state index in [9.17, 15) is 19.8 Å². The van der Waals surface area contributed by atoms with Gasteiger partial charge in [0.05, 0.1) is 28.8 Å². The van der Waals surface area contributed by atoms with E-state index < -0.39 is 23.0 Å². The number of ether oxygens (including phenoxy) is 2. The molecule has 0 spiro atoms. The van der Waals surface area contributed by atoms with Gasteiger partial charge in [-0.25, -0.2) is 0 Å². The zero-order valence-electron chi connectivity index (χ0n) is 39.7. The summed E-state index contributed by atoms with van der Waals surface area (Å²) in [4.78, 5) is 32.1. The lowest BCUT2D eigenvalue weighted by Crippen LogP contribution is -2.67. The van der Waals surface area contributed by atoms with E-state index in [2.05, 4.69) is 87.8 Å². The van der Waals surface area contributed by atoms with Crippen molar-refractivity contribution in [1.29, 1.82) is 0 Å². The van der Waals surface area contributed by atoms with Crippen LogP contribution in [0.3, 0.4) is 0 Å². The van der Waals surface area contributed by atoms with Gasteiger partial charge in [0, 0.05) is 68.2 Å². The van der Waals surface area contributed by atoms with E-state index in [1.54, 1.807) is 0 Å². The topological polar surface area (TPSA) is 117 Å². The number of hydrogen-bond donors (Lipinski definition) is 3. The normalized spacial score (nSPS) is 36.6. The maximum Gasteiger partial charge on any atom is 0.160 e. The molecule has 8 nitrogen and oxygen atoms in total. The third kappa shape index (κ3) is 6.95. The van der Waals surface area contributed by atoms with Crippen LogP contribution in [0.15, 0.2) is 47.8 Å². The first-order valence-electron chi connectivity index (χ1n) is 25.1. The second kappa shape index (κ2) is 15.5. The Kier molecular flexibility index (Phi) is 10.8. The van der Waals surface area contributed by atoms with Crippen molar-refractivity contribution in [3.63, 3.8) is 0 Å². The third-order valence-corrected chi connectivity index (χ3v) is 19.5. The molecule has 10 atom stereocenters. The number of ketones is 2. The third-order valence-electron chi connectivity index (χ3n) is 19.5. The average molecular weight is 861 g/mol. The molecule has 3 aromatic rings. The summed E-state index contributed by atoms with van der Waals surface area (Å²) in [7, 11) is 0. The summed E-state index contributed by atoms with van der Waals surface area (Å²) in [6, 6.07) is 9.70. The summed E-state index contributed by atoms with van der Waals surface area (Å²) in [5.41, 5.74) is 7.90. The maximum atomic E-state index is 14.9. The van der Waals surface area contributed by atoms with Crippen molar-refractivity contribution in [1.82, 2.24) is 9.55 Å². The number of aliphatic hydroxyl groups is 2. The predicted molar refractivity (Wildman–Crippen MR) is 248 cm³/mol. The Bertz CT molecular complexity index is 2270. The second-order valence-electron chi connectivity index (χ2n) is 23.8. The summed E-state index contributed by atoms with van der Waals surface area (Å²) < 4.78 is 14.1. The Labute approximate surface area is 376 Å². The van der Waals surface area contributed by atoms with Crippen molar-refractivity contribution in [3.8, 4) is 0 Å². The first-order valence-corrected chi connectivity index (χ1v) is 25.1. The fourth-order valence-electron chi connectivity index (χ4n) is 16.0. The molecule has 2 saturated heterocycles. The van der Waals surface area contributed by atoms with Gasteiger partial charge in [-0.15, -0.1) is 0 Å². The first kappa shape index (κ1) is 43.8. The molecule has 0 unspecified atom stereocenters. The Balaban J connectivity index is 1.06. The van der Waals surface area contributed by atoms with Crippen LogP contribution in [0.4, 0.5) is 0 Å². The van der Waals surface area contributed by atoms with Gasteiger partial charge in [0.25, 0.3) is 0 Å². The molecule has 4 heterocycles. The number of Topliss-reactive ketones (excluding diaryl/α,β-unsaturated/α-hetero) is 2. The highest BCUT2D eigenvalue weighted by Gasteiger charge is 2.72. The summed E-state index contributed by atoms with van der Waals surface area (Å²) in [6.07, 6.45) is 16.2. The minimum atomic E-state index is -0.715. The number of epoxide rings is 1. The van der Waals surface area contributed by atoms with E-state index in [-0.39, 0.29) is 52.0 Å². The SMILES string of the molecule is C[C@H](C[C@@H](O)[C@H]1OC1(C)C)C1=C2[C@H](Cn3cc(Cc4cc(C5CCCCC5)cc(C5CCOCC5)c4)c4[nH]ccc43)[C@@H](O)[C@@H]3[C@]4(C)CCC(=O)C(C)(C)[C@@H]4CC[C@]3(C)[C@@]2(C)CC1=O. The number of nitrogens with one attached hydrogen (secondary N) is 1. The number of rotatable bonds is 10. The number of allylic oxidation sites excluding steroid dienone is 1. The van der Waals surface area contributed by atoms with E-state index in [1.165, 1.54) is 54.4 Å². The highest BCUT2D eigenvalue weighted by Crippen LogP contribution is 2.75. The molecule has 2 aromatic heterocycles. The molecule has 1 aromatic carbocycles. The molecule has 2 aliphatic heterocycles. The lowest BCUT2D eigenvalue weighted by atomic mass is 9.34. The van der Waals surface area contributed by atoms with E-state index in [0.29, 0.717) is 43.4 Å². The molecule has 5 aliphatic carbocycles. The molecule has 4 saturated carbocycles. The number of carbonyl (C=O) groups is 2. The van der Waals surface area contributed by atoms with Crippen LogP contribution in [0.5, 0.6) is 0 Å². The first-order chi connectivity index (χ1) is 29.9. The summed E-state index contributed by atoms with van der Waals surface area (Å²) in [6.45, 7) is 19.8. The van der Waals surface area contributed by atoms with Crippen molar-refractivity contribution >= 4 is 22.6 Å². The number of benzene rings is 1. The van der Waals surface area contributed by atoms with Gasteiger partial charge in [0.1, 0.15) is 11.9 Å². The summed E-state index contributed by atoms with van der Waals surface area (Å²) in [5, 5.41) is 24.9. The Hall–Kier alpha value is -3.04. The van der Waals surface area contributed by atoms with Gasteiger partial charge in [-0.05, 0) is 145 Å². The summed E-state index contributed by atoms with van der Waals surface area (Å²) >= 11 is 0. The molecule has 6 fully saturated rings. The zero-order chi connectivity index (χ0) is 44.4. The van der Waals surface area contributed by atoms with Gasteiger partial charge in [-0.3, -0.25) is 9.59 Å². The smallest absolute Gasteiger partial charge is 0.160 e. The standard InChI is InChI=1S/C55H76N2O6/c1-32(24-41(58)50-52(4,5)63-50)45-42(59)29-55(8)46(45)39(48(61)49-53(6)19-15-44(60)51(2,3)43(53)14-20-54(49,55)7)31-57-30-38(47-40(57)16-21-56-47)27-33-25-36(34-12-10-9-11-13-34)28-37(26-33)35-17-22-62-23-18-35/h16,21,25-26,28,30,32,34-35,39,41,43,48-50,56,58,61H,9-15,17-20,22-24,27,29,31H2,1-8H3/t32-,39+,41-,43+,48-,49-,50-,53-,54+,55+/m1/s1. The highest BCUT2D eigenvalue weighted by molar-refractivity contribution is 6.01.